The summed E-state index contributed by atoms with van der Waals surface area (Å²) in [6.45, 7) is 0. The maximum atomic E-state index is 2.44. The van der Waals surface area contributed by atoms with Crippen molar-refractivity contribution in [3.05, 3.63) is 224 Å². The first-order valence-electron chi connectivity index (χ1n) is 19.7. The molecule has 0 bridgehead atoms. The molecule has 1 aliphatic rings. The number of benzene rings is 10. The minimum atomic E-state index is 1.11. The fraction of sp³-hybridized carbons (Fsp3) is 0. The van der Waals surface area contributed by atoms with E-state index >= 15 is 0 Å². The van der Waals surface area contributed by atoms with Crippen molar-refractivity contribution in [2.45, 2.75) is 0 Å². The van der Waals surface area contributed by atoms with E-state index < -0.39 is 0 Å². The Hall–Kier alpha value is -7.48. The smallest absolute Gasteiger partial charge is 0.0540 e. The lowest BCUT2D eigenvalue weighted by molar-refractivity contribution is 1.29. The van der Waals surface area contributed by atoms with E-state index in [2.05, 4.69) is 229 Å². The number of fused-ring (bicyclic) bond motifs is 6. The van der Waals surface area contributed by atoms with Crippen LogP contribution in [0.2, 0.25) is 0 Å². The highest BCUT2D eigenvalue weighted by atomic mass is 15.1. The van der Waals surface area contributed by atoms with Gasteiger partial charge in [0.05, 0.1) is 5.69 Å². The van der Waals surface area contributed by atoms with E-state index in [1.54, 1.807) is 0 Å². The van der Waals surface area contributed by atoms with Gasteiger partial charge in [-0.3, -0.25) is 0 Å². The van der Waals surface area contributed by atoms with E-state index in [1.165, 1.54) is 88.3 Å². The van der Waals surface area contributed by atoms with E-state index in [4.69, 9.17) is 0 Å². The van der Waals surface area contributed by atoms with Crippen LogP contribution >= 0.6 is 0 Å². The third kappa shape index (κ3) is 5.55. The average molecular weight is 724 g/mol. The molecule has 0 saturated heterocycles. The zero-order chi connectivity index (χ0) is 37.7. The van der Waals surface area contributed by atoms with Crippen LogP contribution < -0.4 is 4.90 Å². The summed E-state index contributed by atoms with van der Waals surface area (Å²) in [6, 6.07) is 81.7. The predicted octanol–water partition coefficient (Wildman–Crippen LogP) is 15.8. The first-order chi connectivity index (χ1) is 28.3. The van der Waals surface area contributed by atoms with Gasteiger partial charge in [-0.15, -0.1) is 0 Å². The highest BCUT2D eigenvalue weighted by molar-refractivity contribution is 6.26. The van der Waals surface area contributed by atoms with Crippen molar-refractivity contribution in [2.24, 2.45) is 0 Å². The lowest BCUT2D eigenvalue weighted by Gasteiger charge is -2.33. The maximum absolute atomic E-state index is 2.44. The summed E-state index contributed by atoms with van der Waals surface area (Å²) in [5, 5.41) is 5.01. The van der Waals surface area contributed by atoms with Crippen LogP contribution in [0.3, 0.4) is 0 Å². The zero-order valence-corrected chi connectivity index (χ0v) is 31.3. The van der Waals surface area contributed by atoms with Crippen LogP contribution in [0.15, 0.2) is 224 Å². The maximum Gasteiger partial charge on any atom is 0.0540 e. The molecule has 0 aromatic heterocycles. The molecular formula is C56H37N. The van der Waals surface area contributed by atoms with Gasteiger partial charge in [0.2, 0.25) is 0 Å². The number of rotatable bonds is 7. The van der Waals surface area contributed by atoms with Crippen LogP contribution in [-0.2, 0) is 0 Å². The molecule has 0 atom stereocenters. The molecule has 57 heavy (non-hydrogen) atoms. The molecular weight excluding hydrogens is 687 g/mol. The summed E-state index contributed by atoms with van der Waals surface area (Å²) in [6.07, 6.45) is 0. The van der Waals surface area contributed by atoms with Gasteiger partial charge in [-0.1, -0.05) is 182 Å². The minimum absolute atomic E-state index is 1.11. The second kappa shape index (κ2) is 13.7. The molecule has 0 saturated carbocycles. The van der Waals surface area contributed by atoms with Crippen LogP contribution in [0.5, 0.6) is 0 Å². The number of para-hydroxylation sites is 1. The van der Waals surface area contributed by atoms with E-state index in [1.807, 2.05) is 0 Å². The van der Waals surface area contributed by atoms with Gasteiger partial charge in [0.15, 0.2) is 0 Å². The highest BCUT2D eigenvalue weighted by Gasteiger charge is 2.32. The van der Waals surface area contributed by atoms with E-state index in [0.29, 0.717) is 0 Å². The second-order valence-electron chi connectivity index (χ2n) is 14.8. The molecule has 0 spiro atoms. The standard InChI is InChI=1S/C56H37N/c1-5-17-38(18-6-1)39-29-32-45(33-30-39)57(52-28-16-15-25-47(52)40-19-7-2-8-20-40)46-34-31-43-36-50-51(37-44(43)35-46)56-54(42-23-11-4-12-24-42)49-27-14-13-26-48(49)53(55(50)56)41-21-9-3-10-22-41/h1-37H. The van der Waals surface area contributed by atoms with Gasteiger partial charge in [-0.25, -0.2) is 0 Å². The van der Waals surface area contributed by atoms with Gasteiger partial charge >= 0.3 is 0 Å². The summed E-state index contributed by atoms with van der Waals surface area (Å²) >= 11 is 0. The van der Waals surface area contributed by atoms with E-state index in [-0.39, 0.29) is 0 Å². The molecule has 1 nitrogen and oxygen atoms in total. The topological polar surface area (TPSA) is 3.24 Å². The lowest BCUT2D eigenvalue weighted by Crippen LogP contribution is -2.11. The first-order valence-corrected chi connectivity index (χ1v) is 19.7. The van der Waals surface area contributed by atoms with Crippen molar-refractivity contribution in [1.29, 1.82) is 0 Å². The van der Waals surface area contributed by atoms with Gasteiger partial charge in [-0.2, -0.15) is 0 Å². The molecule has 0 N–H and O–H groups in total. The van der Waals surface area contributed by atoms with Gasteiger partial charge in [0.25, 0.3) is 0 Å². The van der Waals surface area contributed by atoms with Crippen LogP contribution in [0.1, 0.15) is 0 Å². The Labute approximate surface area is 333 Å². The summed E-state index contributed by atoms with van der Waals surface area (Å²) in [7, 11) is 0. The largest absolute Gasteiger partial charge is 0.310 e. The number of hydrogen-bond donors (Lipinski definition) is 0. The minimum Gasteiger partial charge on any atom is -0.310 e. The van der Waals surface area contributed by atoms with Gasteiger partial charge in [0.1, 0.15) is 0 Å². The Morgan fingerprint density at radius 2 is 0.684 bits per heavy atom. The lowest BCUT2D eigenvalue weighted by atomic mass is 9.70. The normalized spacial score (nSPS) is 11.5. The van der Waals surface area contributed by atoms with Crippen molar-refractivity contribution in [3.8, 4) is 66.8 Å². The molecule has 11 rings (SSSR count). The monoisotopic (exact) mass is 723 g/mol. The van der Waals surface area contributed by atoms with Crippen LogP contribution in [0.4, 0.5) is 17.1 Å². The fourth-order valence-corrected chi connectivity index (χ4v) is 8.95. The highest BCUT2D eigenvalue weighted by Crippen LogP contribution is 2.60. The molecule has 1 heteroatoms. The fourth-order valence-electron chi connectivity index (χ4n) is 8.95. The molecule has 10 aromatic rings. The molecule has 0 fully saturated rings. The Bertz CT molecular complexity index is 3080. The molecule has 0 unspecified atom stereocenters. The Kier molecular flexibility index (Phi) is 7.89. The Morgan fingerprint density at radius 3 is 1.26 bits per heavy atom. The summed E-state index contributed by atoms with van der Waals surface area (Å²) in [5.74, 6) is 0. The van der Waals surface area contributed by atoms with Gasteiger partial charge in [0, 0.05) is 16.9 Å². The third-order valence-corrected chi connectivity index (χ3v) is 11.6. The molecule has 0 aliphatic heterocycles. The van der Waals surface area contributed by atoms with E-state index in [9.17, 15) is 0 Å². The van der Waals surface area contributed by atoms with Crippen LogP contribution in [-0.4, -0.2) is 0 Å². The van der Waals surface area contributed by atoms with Gasteiger partial charge in [-0.05, 0) is 125 Å². The second-order valence-corrected chi connectivity index (χ2v) is 14.8. The van der Waals surface area contributed by atoms with Crippen molar-refractivity contribution in [3.63, 3.8) is 0 Å². The van der Waals surface area contributed by atoms with E-state index in [0.717, 1.165) is 17.1 Å². The SMILES string of the molecule is c1ccc(-c2ccc(N(c3ccc4cc5c(cc4c3)-c3c-5c(-c4ccccc4)c4ccccc4c3-c3ccccc3)c3ccccc3-c3ccccc3)cc2)cc1. The quantitative estimate of drug-likeness (QED) is 0.158. The summed E-state index contributed by atoms with van der Waals surface area (Å²) in [5.41, 5.74) is 18.5. The molecule has 10 aromatic carbocycles. The summed E-state index contributed by atoms with van der Waals surface area (Å²) in [4.78, 5) is 2.42. The average Bonchev–Trinajstić information content (AvgIpc) is 3.29. The molecule has 1 aliphatic carbocycles. The Morgan fingerprint density at radius 1 is 0.246 bits per heavy atom. The molecule has 0 radical (unpaired) electrons. The first kappa shape index (κ1) is 32.9. The summed E-state index contributed by atoms with van der Waals surface area (Å²) < 4.78 is 0. The Balaban J connectivity index is 1.12. The van der Waals surface area contributed by atoms with Crippen molar-refractivity contribution < 1.29 is 0 Å². The molecule has 0 heterocycles. The molecule has 0 amide bonds. The number of anilines is 3. The zero-order valence-electron chi connectivity index (χ0n) is 31.3. The number of hydrogen-bond acceptors (Lipinski definition) is 1. The van der Waals surface area contributed by atoms with Crippen molar-refractivity contribution >= 4 is 38.6 Å². The van der Waals surface area contributed by atoms with Crippen molar-refractivity contribution in [2.75, 3.05) is 4.90 Å². The molecule has 266 valence electrons. The van der Waals surface area contributed by atoms with Gasteiger partial charge < -0.3 is 4.90 Å². The van der Waals surface area contributed by atoms with Crippen LogP contribution in [0.25, 0.3) is 88.3 Å². The number of nitrogens with zero attached hydrogens (tertiary/aromatic N) is 1. The van der Waals surface area contributed by atoms with Crippen LogP contribution in [0, 0.1) is 0 Å². The predicted molar refractivity (Wildman–Crippen MR) is 242 cm³/mol. The third-order valence-electron chi connectivity index (χ3n) is 11.6. The van der Waals surface area contributed by atoms with Crippen molar-refractivity contribution in [1.82, 2.24) is 0 Å².